The largest absolute Gasteiger partial charge is 0.481 e. The number of aliphatic carboxylic acids is 1. The van der Waals surface area contributed by atoms with Gasteiger partial charge in [-0.2, -0.15) is 0 Å². The van der Waals surface area contributed by atoms with Crippen molar-refractivity contribution in [2.24, 2.45) is 11.8 Å². The number of fused-ring (bicyclic) bond motifs is 2. The lowest BCUT2D eigenvalue weighted by atomic mass is 9.64. The van der Waals surface area contributed by atoms with E-state index in [1.54, 1.807) is 0 Å². The monoisotopic (exact) mass is 198 g/mol. The molecule has 0 aliphatic heterocycles. The maximum atomic E-state index is 11.5. The Hall–Kier alpha value is -0.900. The molecule has 0 spiro atoms. The summed E-state index contributed by atoms with van der Waals surface area (Å²) < 4.78 is 0. The van der Waals surface area contributed by atoms with E-state index in [1.807, 2.05) is 0 Å². The number of carbonyl (C=O) groups excluding carboxylic acids is 1. The van der Waals surface area contributed by atoms with Gasteiger partial charge in [-0.3, -0.25) is 9.59 Å². The number of ketones is 1. The highest BCUT2D eigenvalue weighted by Gasteiger charge is 2.49. The van der Waals surface area contributed by atoms with Crippen molar-refractivity contribution in [3.05, 3.63) is 0 Å². The Kier molecular flexibility index (Phi) is 2.10. The second-order valence-electron chi connectivity index (χ2n) is 4.54. The Morgan fingerprint density at radius 1 is 1.50 bits per heavy atom. The third-order valence-electron chi connectivity index (χ3n) is 3.45. The van der Waals surface area contributed by atoms with Gasteiger partial charge in [-0.1, -0.05) is 6.42 Å². The van der Waals surface area contributed by atoms with Crippen molar-refractivity contribution in [3.63, 3.8) is 0 Å². The number of hydrogen-bond donors (Lipinski definition) is 2. The molecule has 3 unspecified atom stereocenters. The highest BCUT2D eigenvalue weighted by Crippen LogP contribution is 2.44. The van der Waals surface area contributed by atoms with E-state index in [9.17, 15) is 14.7 Å². The number of carboxylic acids is 1. The molecular weight excluding hydrogens is 184 g/mol. The summed E-state index contributed by atoms with van der Waals surface area (Å²) in [4.78, 5) is 22.4. The standard InChI is InChI=1S/C10H14O4/c11-7-5-10(14)3-1-2-6(4-10)8(7)9(12)13/h6,8,14H,1-5H2,(H,12,13). The Morgan fingerprint density at radius 2 is 2.21 bits per heavy atom. The van der Waals surface area contributed by atoms with Gasteiger partial charge in [-0.25, -0.2) is 0 Å². The first-order chi connectivity index (χ1) is 6.52. The van der Waals surface area contributed by atoms with Gasteiger partial charge in [0.05, 0.1) is 5.60 Å². The van der Waals surface area contributed by atoms with E-state index in [-0.39, 0.29) is 18.1 Å². The van der Waals surface area contributed by atoms with Crippen molar-refractivity contribution in [2.45, 2.75) is 37.7 Å². The van der Waals surface area contributed by atoms with Crippen LogP contribution in [0.25, 0.3) is 0 Å². The fourth-order valence-corrected chi connectivity index (χ4v) is 2.87. The zero-order valence-corrected chi connectivity index (χ0v) is 7.90. The Morgan fingerprint density at radius 3 is 2.86 bits per heavy atom. The zero-order valence-electron chi connectivity index (χ0n) is 7.90. The average Bonchev–Trinajstić information content (AvgIpc) is 2.00. The van der Waals surface area contributed by atoms with E-state index in [0.29, 0.717) is 12.8 Å². The van der Waals surface area contributed by atoms with Crippen LogP contribution in [0.2, 0.25) is 0 Å². The molecule has 0 aromatic carbocycles. The van der Waals surface area contributed by atoms with Crippen LogP contribution in [0.1, 0.15) is 32.1 Å². The van der Waals surface area contributed by atoms with Gasteiger partial charge in [0, 0.05) is 6.42 Å². The minimum Gasteiger partial charge on any atom is -0.481 e. The summed E-state index contributed by atoms with van der Waals surface area (Å²) in [5.74, 6) is -2.33. The summed E-state index contributed by atoms with van der Waals surface area (Å²) in [6, 6.07) is 0. The van der Waals surface area contributed by atoms with Crippen LogP contribution in [-0.4, -0.2) is 27.6 Å². The molecule has 4 nitrogen and oxygen atoms in total. The molecule has 2 rings (SSSR count). The third kappa shape index (κ3) is 1.43. The maximum absolute atomic E-state index is 11.5. The summed E-state index contributed by atoms with van der Waals surface area (Å²) in [5, 5.41) is 18.9. The number of aliphatic hydroxyl groups is 1. The van der Waals surface area contributed by atoms with Crippen LogP contribution in [0.15, 0.2) is 0 Å². The lowest BCUT2D eigenvalue weighted by Gasteiger charge is -2.43. The Labute approximate surface area is 81.9 Å². The minimum atomic E-state index is -1.02. The lowest BCUT2D eigenvalue weighted by Crippen LogP contribution is -2.49. The number of carboxylic acid groups (broad SMARTS) is 1. The van der Waals surface area contributed by atoms with Crippen LogP contribution in [0, 0.1) is 11.8 Å². The molecule has 4 heteroatoms. The fourth-order valence-electron chi connectivity index (χ4n) is 2.87. The van der Waals surface area contributed by atoms with Crippen LogP contribution in [0.4, 0.5) is 0 Å². The molecule has 0 saturated heterocycles. The van der Waals surface area contributed by atoms with Gasteiger partial charge in [-0.15, -0.1) is 0 Å². The Bertz CT molecular complexity index is 286. The maximum Gasteiger partial charge on any atom is 0.314 e. The van der Waals surface area contributed by atoms with Crippen LogP contribution in [-0.2, 0) is 9.59 Å². The first kappa shape index (κ1) is 9.65. The number of Topliss-reactive ketones (excluding diaryl/α,β-unsaturated/α-hetero) is 1. The predicted octanol–water partition coefficient (Wildman–Crippen LogP) is 0.581. The summed E-state index contributed by atoms with van der Waals surface area (Å²) in [5.41, 5.74) is -0.897. The van der Waals surface area contributed by atoms with Gasteiger partial charge < -0.3 is 10.2 Å². The van der Waals surface area contributed by atoms with Gasteiger partial charge in [0.1, 0.15) is 11.7 Å². The van der Waals surface area contributed by atoms with E-state index in [0.717, 1.165) is 12.8 Å². The van der Waals surface area contributed by atoms with E-state index in [4.69, 9.17) is 5.11 Å². The average molecular weight is 198 g/mol. The predicted molar refractivity (Wildman–Crippen MR) is 47.7 cm³/mol. The quantitative estimate of drug-likeness (QED) is 0.604. The van der Waals surface area contributed by atoms with Gasteiger partial charge in [0.2, 0.25) is 0 Å². The first-order valence-corrected chi connectivity index (χ1v) is 5.00. The topological polar surface area (TPSA) is 74.6 Å². The molecule has 78 valence electrons. The van der Waals surface area contributed by atoms with Gasteiger partial charge in [0.25, 0.3) is 0 Å². The molecule has 2 fully saturated rings. The van der Waals surface area contributed by atoms with Crippen molar-refractivity contribution in [2.75, 3.05) is 0 Å². The van der Waals surface area contributed by atoms with E-state index in [2.05, 4.69) is 0 Å². The van der Waals surface area contributed by atoms with Crippen LogP contribution in [0.3, 0.4) is 0 Å². The molecule has 0 amide bonds. The van der Waals surface area contributed by atoms with E-state index in [1.165, 1.54) is 0 Å². The van der Waals surface area contributed by atoms with Gasteiger partial charge >= 0.3 is 5.97 Å². The highest BCUT2D eigenvalue weighted by molar-refractivity contribution is 5.99. The number of hydrogen-bond acceptors (Lipinski definition) is 3. The van der Waals surface area contributed by atoms with E-state index >= 15 is 0 Å². The van der Waals surface area contributed by atoms with Crippen LogP contribution < -0.4 is 0 Å². The lowest BCUT2D eigenvalue weighted by molar-refractivity contribution is -0.159. The molecule has 3 atom stereocenters. The van der Waals surface area contributed by atoms with Crippen molar-refractivity contribution >= 4 is 11.8 Å². The number of rotatable bonds is 1. The highest BCUT2D eigenvalue weighted by atomic mass is 16.4. The van der Waals surface area contributed by atoms with Gasteiger partial charge in [-0.05, 0) is 25.2 Å². The van der Waals surface area contributed by atoms with Crippen molar-refractivity contribution in [1.82, 2.24) is 0 Å². The summed E-state index contributed by atoms with van der Waals surface area (Å²) >= 11 is 0. The summed E-state index contributed by atoms with van der Waals surface area (Å²) in [6.45, 7) is 0. The molecule has 14 heavy (non-hydrogen) atoms. The fraction of sp³-hybridized carbons (Fsp3) is 0.800. The van der Waals surface area contributed by atoms with Crippen LogP contribution in [0.5, 0.6) is 0 Å². The molecule has 2 saturated carbocycles. The molecule has 2 bridgehead atoms. The molecular formula is C10H14O4. The van der Waals surface area contributed by atoms with Crippen LogP contribution >= 0.6 is 0 Å². The SMILES string of the molecule is O=C(O)C1C(=O)CC2(O)CCCC1C2. The Balaban J connectivity index is 2.24. The van der Waals surface area contributed by atoms with Crippen molar-refractivity contribution < 1.29 is 19.8 Å². The van der Waals surface area contributed by atoms with E-state index < -0.39 is 17.5 Å². The minimum absolute atomic E-state index is 0.0282. The van der Waals surface area contributed by atoms with Crippen molar-refractivity contribution in [1.29, 1.82) is 0 Å². The molecule has 2 N–H and O–H groups in total. The first-order valence-electron chi connectivity index (χ1n) is 5.00. The molecule has 2 aliphatic carbocycles. The normalized spacial score (nSPS) is 42.2. The zero-order chi connectivity index (χ0) is 10.3. The third-order valence-corrected chi connectivity index (χ3v) is 3.45. The molecule has 2 aliphatic rings. The molecule has 0 aromatic rings. The molecule has 0 aromatic heterocycles. The van der Waals surface area contributed by atoms with Crippen molar-refractivity contribution in [3.8, 4) is 0 Å². The number of carbonyl (C=O) groups is 2. The molecule has 0 heterocycles. The summed E-state index contributed by atoms with van der Waals surface area (Å²) in [7, 11) is 0. The second kappa shape index (κ2) is 3.05. The second-order valence-corrected chi connectivity index (χ2v) is 4.54. The molecule has 0 radical (unpaired) electrons. The summed E-state index contributed by atoms with van der Waals surface area (Å²) in [6.07, 6.45) is 2.74. The van der Waals surface area contributed by atoms with Gasteiger partial charge in [0.15, 0.2) is 0 Å². The smallest absolute Gasteiger partial charge is 0.314 e.